The van der Waals surface area contributed by atoms with Crippen molar-refractivity contribution in [2.45, 2.75) is 34.1 Å². The SMILES string of the molecule is C/C=C(\C)[C@@H](C)CC. The summed E-state index contributed by atoms with van der Waals surface area (Å²) in [5.41, 5.74) is 1.51. The first-order chi connectivity index (χ1) is 3.72. The molecule has 8 heavy (non-hydrogen) atoms. The maximum absolute atomic E-state index is 2.26. The summed E-state index contributed by atoms with van der Waals surface area (Å²) in [6, 6.07) is 0. The van der Waals surface area contributed by atoms with E-state index in [0.29, 0.717) is 0 Å². The van der Waals surface area contributed by atoms with Gasteiger partial charge in [0.2, 0.25) is 0 Å². The lowest BCUT2D eigenvalue weighted by Gasteiger charge is -2.06. The van der Waals surface area contributed by atoms with Gasteiger partial charge in [-0.2, -0.15) is 0 Å². The lowest BCUT2D eigenvalue weighted by Crippen LogP contribution is -1.91. The van der Waals surface area contributed by atoms with Crippen LogP contribution in [0.15, 0.2) is 11.6 Å². The summed E-state index contributed by atoms with van der Waals surface area (Å²) >= 11 is 0. The standard InChI is InChI=1S/C8H16/c1-5-7(3)8(4)6-2/h5,8H,6H2,1-4H3/b7-5+/t8-/m0/s1. The molecule has 0 heteroatoms. The molecule has 0 radical (unpaired) electrons. The maximum atomic E-state index is 2.26. The smallest absolute Gasteiger partial charge is 0.0237 e. The normalized spacial score (nSPS) is 16.2. The Morgan fingerprint density at radius 2 is 2.12 bits per heavy atom. The van der Waals surface area contributed by atoms with E-state index in [1.165, 1.54) is 12.0 Å². The molecule has 0 saturated heterocycles. The molecule has 0 aromatic rings. The molecule has 0 amide bonds. The lowest BCUT2D eigenvalue weighted by atomic mass is 10.0. The zero-order valence-electron chi connectivity index (χ0n) is 6.36. The van der Waals surface area contributed by atoms with Crippen molar-refractivity contribution in [3.05, 3.63) is 11.6 Å². The highest BCUT2D eigenvalue weighted by atomic mass is 14.0. The van der Waals surface area contributed by atoms with E-state index in [-0.39, 0.29) is 0 Å². The largest absolute Gasteiger partial charge is 0.0885 e. The van der Waals surface area contributed by atoms with Crippen molar-refractivity contribution in [3.63, 3.8) is 0 Å². The first kappa shape index (κ1) is 7.74. The average Bonchev–Trinajstić information content (AvgIpc) is 1.84. The molecule has 0 aromatic heterocycles. The molecule has 0 aliphatic rings. The van der Waals surface area contributed by atoms with Crippen molar-refractivity contribution in [1.82, 2.24) is 0 Å². The van der Waals surface area contributed by atoms with Crippen molar-refractivity contribution in [1.29, 1.82) is 0 Å². The molecule has 48 valence electrons. The minimum atomic E-state index is 0.778. The fourth-order valence-corrected chi connectivity index (χ4v) is 0.606. The van der Waals surface area contributed by atoms with Crippen LogP contribution in [0.25, 0.3) is 0 Å². The van der Waals surface area contributed by atoms with Crippen molar-refractivity contribution in [2.24, 2.45) is 5.92 Å². The molecule has 0 heterocycles. The Morgan fingerprint density at radius 3 is 2.25 bits per heavy atom. The molecule has 0 bridgehead atoms. The summed E-state index contributed by atoms with van der Waals surface area (Å²) < 4.78 is 0. The molecular formula is C8H16. The van der Waals surface area contributed by atoms with Crippen LogP contribution in [0.1, 0.15) is 34.1 Å². The van der Waals surface area contributed by atoms with Gasteiger partial charge < -0.3 is 0 Å². The highest BCUT2D eigenvalue weighted by Gasteiger charge is 1.96. The second kappa shape index (κ2) is 3.71. The Kier molecular flexibility index (Phi) is 3.59. The van der Waals surface area contributed by atoms with Gasteiger partial charge >= 0.3 is 0 Å². The molecule has 1 atom stereocenters. The summed E-state index contributed by atoms with van der Waals surface area (Å²) in [6.07, 6.45) is 3.45. The van der Waals surface area contributed by atoms with Gasteiger partial charge in [-0.05, 0) is 26.2 Å². The third-order valence-corrected chi connectivity index (χ3v) is 1.85. The van der Waals surface area contributed by atoms with Crippen LogP contribution in [0.5, 0.6) is 0 Å². The highest BCUT2D eigenvalue weighted by Crippen LogP contribution is 2.11. The molecule has 0 rings (SSSR count). The van der Waals surface area contributed by atoms with Crippen LogP contribution >= 0.6 is 0 Å². The number of allylic oxidation sites excluding steroid dienone is 2. The van der Waals surface area contributed by atoms with Crippen LogP contribution in [-0.2, 0) is 0 Å². The molecule has 0 aromatic carbocycles. The predicted molar refractivity (Wildman–Crippen MR) is 38.9 cm³/mol. The minimum absolute atomic E-state index is 0.778. The summed E-state index contributed by atoms with van der Waals surface area (Å²) in [7, 11) is 0. The van der Waals surface area contributed by atoms with Crippen LogP contribution in [0, 0.1) is 5.92 Å². The maximum Gasteiger partial charge on any atom is -0.0237 e. The van der Waals surface area contributed by atoms with E-state index in [1.807, 2.05) is 0 Å². The zero-order chi connectivity index (χ0) is 6.57. The fourth-order valence-electron chi connectivity index (χ4n) is 0.606. The van der Waals surface area contributed by atoms with Gasteiger partial charge in [-0.15, -0.1) is 0 Å². The Hall–Kier alpha value is -0.260. The van der Waals surface area contributed by atoms with Gasteiger partial charge in [0.05, 0.1) is 0 Å². The summed E-state index contributed by atoms with van der Waals surface area (Å²) in [5, 5.41) is 0. The van der Waals surface area contributed by atoms with E-state index < -0.39 is 0 Å². The van der Waals surface area contributed by atoms with Crippen LogP contribution in [0.3, 0.4) is 0 Å². The molecule has 0 unspecified atom stereocenters. The fraction of sp³-hybridized carbons (Fsp3) is 0.750. The molecule has 0 spiro atoms. The van der Waals surface area contributed by atoms with Gasteiger partial charge in [-0.1, -0.05) is 25.5 Å². The first-order valence-electron chi connectivity index (χ1n) is 3.35. The second-order valence-electron chi connectivity index (χ2n) is 2.34. The summed E-state index contributed by atoms with van der Waals surface area (Å²) in [5.74, 6) is 0.778. The lowest BCUT2D eigenvalue weighted by molar-refractivity contribution is 0.654. The Morgan fingerprint density at radius 1 is 1.62 bits per heavy atom. The number of hydrogen-bond acceptors (Lipinski definition) is 0. The van der Waals surface area contributed by atoms with E-state index in [0.717, 1.165) is 5.92 Å². The Balaban J connectivity index is 3.63. The molecule has 0 N–H and O–H groups in total. The van der Waals surface area contributed by atoms with E-state index in [4.69, 9.17) is 0 Å². The second-order valence-corrected chi connectivity index (χ2v) is 2.34. The van der Waals surface area contributed by atoms with Crippen molar-refractivity contribution >= 4 is 0 Å². The predicted octanol–water partition coefficient (Wildman–Crippen LogP) is 3.00. The number of hydrogen-bond donors (Lipinski definition) is 0. The topological polar surface area (TPSA) is 0 Å². The van der Waals surface area contributed by atoms with Gasteiger partial charge in [-0.3, -0.25) is 0 Å². The van der Waals surface area contributed by atoms with Gasteiger partial charge in [-0.25, -0.2) is 0 Å². The van der Waals surface area contributed by atoms with Crippen LogP contribution in [-0.4, -0.2) is 0 Å². The molecule has 0 saturated carbocycles. The third-order valence-electron chi connectivity index (χ3n) is 1.85. The summed E-state index contributed by atoms with van der Waals surface area (Å²) in [6.45, 7) is 8.77. The van der Waals surface area contributed by atoms with Crippen molar-refractivity contribution in [2.75, 3.05) is 0 Å². The molecule has 0 nitrogen and oxygen atoms in total. The number of rotatable bonds is 2. The molecular weight excluding hydrogens is 96.1 g/mol. The van der Waals surface area contributed by atoms with Crippen molar-refractivity contribution < 1.29 is 0 Å². The zero-order valence-corrected chi connectivity index (χ0v) is 6.36. The molecule has 0 fully saturated rings. The average molecular weight is 112 g/mol. The van der Waals surface area contributed by atoms with Crippen LogP contribution < -0.4 is 0 Å². The Labute approximate surface area is 52.6 Å². The third kappa shape index (κ3) is 2.15. The molecule has 0 aliphatic carbocycles. The molecule has 0 aliphatic heterocycles. The van der Waals surface area contributed by atoms with Crippen LogP contribution in [0.4, 0.5) is 0 Å². The van der Waals surface area contributed by atoms with E-state index in [1.54, 1.807) is 0 Å². The van der Waals surface area contributed by atoms with Gasteiger partial charge in [0.15, 0.2) is 0 Å². The monoisotopic (exact) mass is 112 g/mol. The Bertz CT molecular complexity index is 80.0. The summed E-state index contributed by atoms with van der Waals surface area (Å²) in [4.78, 5) is 0. The van der Waals surface area contributed by atoms with E-state index >= 15 is 0 Å². The van der Waals surface area contributed by atoms with Gasteiger partial charge in [0.25, 0.3) is 0 Å². The van der Waals surface area contributed by atoms with Crippen LogP contribution in [0.2, 0.25) is 0 Å². The minimum Gasteiger partial charge on any atom is -0.0885 e. The van der Waals surface area contributed by atoms with Gasteiger partial charge in [0, 0.05) is 0 Å². The van der Waals surface area contributed by atoms with E-state index in [2.05, 4.69) is 33.8 Å². The van der Waals surface area contributed by atoms with Gasteiger partial charge in [0.1, 0.15) is 0 Å². The van der Waals surface area contributed by atoms with E-state index in [9.17, 15) is 0 Å². The first-order valence-corrected chi connectivity index (χ1v) is 3.35. The van der Waals surface area contributed by atoms with Crippen molar-refractivity contribution in [3.8, 4) is 0 Å². The quantitative estimate of drug-likeness (QED) is 0.482. The highest BCUT2D eigenvalue weighted by molar-refractivity contribution is 4.99.